The first-order chi connectivity index (χ1) is 23.4. The Hall–Kier alpha value is -2.80. The molecule has 2 aromatic rings. The number of carbonyl (C=O) groups is 3. The van der Waals surface area contributed by atoms with E-state index < -0.39 is 0 Å². The molecule has 3 amide bonds. The maximum atomic E-state index is 13.3. The van der Waals surface area contributed by atoms with Crippen LogP contribution in [-0.2, 0) is 14.4 Å². The zero-order chi connectivity index (χ0) is 36.1. The van der Waals surface area contributed by atoms with Crippen molar-refractivity contribution < 1.29 is 29.1 Å². The lowest BCUT2D eigenvalue weighted by molar-refractivity contribution is -0.141. The van der Waals surface area contributed by atoms with Crippen molar-refractivity contribution in [3.05, 3.63) is 67.6 Å². The number of urea groups is 1. The highest BCUT2D eigenvalue weighted by Crippen LogP contribution is 2.31. The van der Waals surface area contributed by atoms with Crippen molar-refractivity contribution in [3.63, 3.8) is 0 Å². The van der Waals surface area contributed by atoms with Gasteiger partial charge in [0.1, 0.15) is 7.11 Å². The van der Waals surface area contributed by atoms with E-state index in [2.05, 4.69) is 14.8 Å². The number of nitrogens with zero attached hydrogens (tertiary/aromatic N) is 5. The molecular formula is C34H45Cl4N5O6. The van der Waals surface area contributed by atoms with Gasteiger partial charge in [-0.15, -0.1) is 0 Å². The first-order valence-corrected chi connectivity index (χ1v) is 17.6. The highest BCUT2D eigenvalue weighted by atomic mass is 35.5. The minimum absolute atomic E-state index is 0.0938. The van der Waals surface area contributed by atoms with E-state index in [4.69, 9.17) is 56.3 Å². The summed E-state index contributed by atoms with van der Waals surface area (Å²) in [5.74, 6) is -0.800. The second kappa shape index (κ2) is 20.1. The van der Waals surface area contributed by atoms with Crippen LogP contribution in [0, 0.1) is 0 Å². The van der Waals surface area contributed by atoms with E-state index >= 15 is 0 Å². The van der Waals surface area contributed by atoms with Crippen LogP contribution in [0.5, 0.6) is 0 Å². The van der Waals surface area contributed by atoms with Crippen LogP contribution < -0.4 is 0 Å². The summed E-state index contributed by atoms with van der Waals surface area (Å²) in [5.41, 5.74) is 2.00. The topological polar surface area (TPSA) is 115 Å². The number of aliphatic hydroxyl groups is 1. The van der Waals surface area contributed by atoms with Crippen molar-refractivity contribution >= 4 is 70.0 Å². The number of hydrogen-bond donors (Lipinski definition) is 1. The van der Waals surface area contributed by atoms with Crippen molar-refractivity contribution in [2.45, 2.75) is 44.1 Å². The van der Waals surface area contributed by atoms with E-state index in [1.165, 1.54) is 14.2 Å². The van der Waals surface area contributed by atoms with E-state index in [1.54, 1.807) is 36.2 Å². The van der Waals surface area contributed by atoms with Gasteiger partial charge in [-0.1, -0.05) is 57.6 Å². The first kappa shape index (κ1) is 40.6. The number of halogens is 4. The number of likely N-dealkylation sites (tertiary alicyclic amines) is 1. The highest BCUT2D eigenvalue weighted by molar-refractivity contribution is 6.42. The molecule has 15 heteroatoms. The molecule has 2 fully saturated rings. The fourth-order valence-corrected chi connectivity index (χ4v) is 6.81. The molecule has 49 heavy (non-hydrogen) atoms. The Bertz CT molecular complexity index is 1440. The second-order valence-corrected chi connectivity index (χ2v) is 13.7. The van der Waals surface area contributed by atoms with Gasteiger partial charge in [-0.05, 0) is 68.1 Å². The van der Waals surface area contributed by atoms with Crippen molar-refractivity contribution in [2.75, 3.05) is 74.2 Å². The molecule has 2 aliphatic rings. The predicted octanol–water partition coefficient (Wildman–Crippen LogP) is 6.31. The number of benzene rings is 2. The lowest BCUT2D eigenvalue weighted by atomic mass is 9.89. The molecule has 2 aromatic carbocycles. The SMILES string of the molecule is CO/N=C(\CN(C)C(=O)c1cc(Cl)cc(Cl)c1)C(CCN1CCC(N2CCCN(C)C2=O)CC1)c1ccc(Cl)c(Cl)c1.COC(=O)CCO. The standard InChI is InChI=1S/C30H37Cl4N5O3.C4H8O3/c1-36-10-4-11-39(30(36)41)24-7-12-38(13-8-24)14-9-25(20-5-6-26(33)27(34)17-20)28(35-42-3)19-37(2)29(40)21-15-22(31)18-23(32)16-21;1-7-4(6)2-3-5/h5-6,15-18,24-25H,4,7-14,19H2,1-3H3;5H,2-3H2,1H3/b35-28+;. The minimum Gasteiger partial charge on any atom is -0.469 e. The maximum Gasteiger partial charge on any atom is 0.319 e. The fourth-order valence-electron chi connectivity index (χ4n) is 5.97. The van der Waals surface area contributed by atoms with Crippen LogP contribution in [0.25, 0.3) is 0 Å². The summed E-state index contributed by atoms with van der Waals surface area (Å²) < 4.78 is 4.19. The van der Waals surface area contributed by atoms with Crippen molar-refractivity contribution in [1.29, 1.82) is 0 Å². The molecule has 1 N–H and O–H groups in total. The van der Waals surface area contributed by atoms with Gasteiger partial charge >= 0.3 is 12.0 Å². The Balaban J connectivity index is 0.000000838. The van der Waals surface area contributed by atoms with Gasteiger partial charge in [-0.25, -0.2) is 4.79 Å². The van der Waals surface area contributed by atoms with Gasteiger partial charge in [0, 0.05) is 67.8 Å². The molecule has 1 unspecified atom stereocenters. The number of methoxy groups -OCH3 is 1. The van der Waals surface area contributed by atoms with Crippen LogP contribution in [0.4, 0.5) is 4.79 Å². The number of amides is 3. The maximum absolute atomic E-state index is 13.3. The molecule has 270 valence electrons. The van der Waals surface area contributed by atoms with Crippen molar-refractivity contribution in [1.82, 2.24) is 19.6 Å². The van der Waals surface area contributed by atoms with Crippen molar-refractivity contribution in [2.24, 2.45) is 5.16 Å². The number of esters is 1. The van der Waals surface area contributed by atoms with Crippen molar-refractivity contribution in [3.8, 4) is 0 Å². The monoisotopic (exact) mass is 759 g/mol. The third-order valence-corrected chi connectivity index (χ3v) is 9.73. The number of oxime groups is 1. The fraction of sp³-hybridized carbons (Fsp3) is 0.529. The Morgan fingerprint density at radius 3 is 2.24 bits per heavy atom. The zero-order valence-electron chi connectivity index (χ0n) is 28.3. The van der Waals surface area contributed by atoms with Crippen LogP contribution >= 0.6 is 46.4 Å². The molecule has 0 radical (unpaired) electrons. The molecule has 0 spiro atoms. The smallest absolute Gasteiger partial charge is 0.319 e. The molecule has 2 aliphatic heterocycles. The van der Waals surface area contributed by atoms with Crippen LogP contribution in [-0.4, -0.2) is 129 Å². The number of rotatable bonds is 12. The van der Waals surface area contributed by atoms with Gasteiger partial charge < -0.3 is 34.3 Å². The first-order valence-electron chi connectivity index (χ1n) is 16.1. The molecular weight excluding hydrogens is 716 g/mol. The van der Waals surface area contributed by atoms with E-state index in [1.807, 2.05) is 29.0 Å². The summed E-state index contributed by atoms with van der Waals surface area (Å²) in [5, 5.41) is 14.1. The van der Waals surface area contributed by atoms with E-state index in [-0.39, 0.29) is 49.4 Å². The van der Waals surface area contributed by atoms with Crippen LogP contribution in [0.15, 0.2) is 41.6 Å². The number of ether oxygens (including phenoxy) is 1. The Morgan fingerprint density at radius 1 is 1.00 bits per heavy atom. The number of piperidine rings is 1. The zero-order valence-corrected chi connectivity index (χ0v) is 31.4. The second-order valence-electron chi connectivity index (χ2n) is 12.0. The summed E-state index contributed by atoms with van der Waals surface area (Å²) >= 11 is 25.0. The molecule has 11 nitrogen and oxygen atoms in total. The summed E-state index contributed by atoms with van der Waals surface area (Å²) in [6.07, 6.45) is 3.71. The van der Waals surface area contributed by atoms with Gasteiger partial charge in [0.2, 0.25) is 0 Å². The molecule has 1 atom stereocenters. The molecule has 0 aliphatic carbocycles. The molecule has 2 saturated heterocycles. The summed E-state index contributed by atoms with van der Waals surface area (Å²) in [6, 6.07) is 10.7. The highest BCUT2D eigenvalue weighted by Gasteiger charge is 2.32. The minimum atomic E-state index is -0.373. The van der Waals surface area contributed by atoms with E-state index in [0.29, 0.717) is 31.4 Å². The van der Waals surface area contributed by atoms with Gasteiger partial charge in [0.15, 0.2) is 0 Å². The normalized spacial score (nSPS) is 16.5. The van der Waals surface area contributed by atoms with Crippen LogP contribution in [0.1, 0.15) is 53.9 Å². The lowest BCUT2D eigenvalue weighted by Gasteiger charge is -2.42. The van der Waals surface area contributed by atoms with Crippen LogP contribution in [0.3, 0.4) is 0 Å². The predicted molar refractivity (Wildman–Crippen MR) is 194 cm³/mol. The molecule has 4 rings (SSSR count). The Kier molecular flexibility index (Phi) is 16.7. The van der Waals surface area contributed by atoms with Gasteiger partial charge in [-0.3, -0.25) is 9.59 Å². The summed E-state index contributed by atoms with van der Waals surface area (Å²) in [6.45, 7) is 4.34. The number of aliphatic hydroxyl groups excluding tert-OH is 1. The number of hydrogen-bond acceptors (Lipinski definition) is 8. The molecule has 0 bridgehead atoms. The Labute approximate surface area is 308 Å². The summed E-state index contributed by atoms with van der Waals surface area (Å²) in [4.78, 5) is 49.1. The third-order valence-electron chi connectivity index (χ3n) is 8.55. The average Bonchev–Trinajstić information content (AvgIpc) is 3.07. The summed E-state index contributed by atoms with van der Waals surface area (Å²) in [7, 11) is 6.37. The van der Waals surface area contributed by atoms with Crippen LogP contribution in [0.2, 0.25) is 20.1 Å². The van der Waals surface area contributed by atoms with E-state index in [0.717, 1.165) is 64.0 Å². The number of carbonyl (C=O) groups excluding carboxylic acids is 3. The largest absolute Gasteiger partial charge is 0.469 e. The average molecular weight is 762 g/mol. The van der Waals surface area contributed by atoms with Gasteiger partial charge in [0.05, 0.1) is 42.4 Å². The van der Waals surface area contributed by atoms with Gasteiger partial charge in [0.25, 0.3) is 5.91 Å². The quantitative estimate of drug-likeness (QED) is 0.153. The third kappa shape index (κ3) is 12.2. The molecule has 0 aromatic heterocycles. The molecule has 2 heterocycles. The lowest BCUT2D eigenvalue weighted by Crippen LogP contribution is -2.54. The molecule has 0 saturated carbocycles. The van der Waals surface area contributed by atoms with Gasteiger partial charge in [-0.2, -0.15) is 0 Å². The van der Waals surface area contributed by atoms with E-state index in [9.17, 15) is 14.4 Å². The Morgan fingerprint density at radius 2 is 1.67 bits per heavy atom.